The molecule has 2 N–H and O–H groups in total. The third-order valence-corrected chi connectivity index (χ3v) is 5.14. The number of nitriles is 2. The Morgan fingerprint density at radius 2 is 1.77 bits per heavy atom. The molecule has 0 amide bonds. The Kier molecular flexibility index (Phi) is 6.62. The smallest absolute Gasteiger partial charge is 0.309 e. The number of allylic oxidation sites excluding steroid dienone is 1. The number of anilines is 4. The first-order chi connectivity index (χ1) is 14.4. The lowest BCUT2D eigenvalue weighted by molar-refractivity contribution is 0.699. The molecule has 0 bridgehead atoms. The van der Waals surface area contributed by atoms with Crippen LogP contribution in [0.5, 0.6) is 0 Å². The summed E-state index contributed by atoms with van der Waals surface area (Å²) in [6, 6.07) is 14.3. The summed E-state index contributed by atoms with van der Waals surface area (Å²) in [5.74, 6) is 0.287. The quantitative estimate of drug-likeness (QED) is 0.466. The third kappa shape index (κ3) is 4.92. The van der Waals surface area contributed by atoms with Gasteiger partial charge in [0, 0.05) is 27.8 Å². The van der Waals surface area contributed by atoms with Gasteiger partial charge in [0.25, 0.3) is 0 Å². The van der Waals surface area contributed by atoms with Crippen LogP contribution in [0.4, 0.5) is 23.1 Å². The fourth-order valence-corrected chi connectivity index (χ4v) is 3.89. The van der Waals surface area contributed by atoms with Crippen molar-refractivity contribution in [3.8, 4) is 12.1 Å². The Labute approximate surface area is 188 Å². The Hall–Kier alpha value is -3.47. The molecule has 0 saturated heterocycles. The van der Waals surface area contributed by atoms with Crippen LogP contribution in [0.1, 0.15) is 11.1 Å². The molecule has 0 aliphatic carbocycles. The maximum absolute atomic E-state index is 12.4. The summed E-state index contributed by atoms with van der Waals surface area (Å²) < 4.78 is 2.61. The first-order valence-electron chi connectivity index (χ1n) is 8.46. The number of rotatable bonds is 5. The number of aromatic nitrogens is 3. The molecule has 0 saturated carbocycles. The van der Waals surface area contributed by atoms with Crippen LogP contribution in [0, 0.1) is 22.7 Å². The molecule has 30 heavy (non-hydrogen) atoms. The van der Waals surface area contributed by atoms with Gasteiger partial charge < -0.3 is 10.6 Å². The molecular weight excluding hydrogens is 514 g/mol. The predicted molar refractivity (Wildman–Crippen MR) is 121 cm³/mol. The van der Waals surface area contributed by atoms with E-state index in [1.807, 2.05) is 24.3 Å². The predicted octanol–water partition coefficient (Wildman–Crippen LogP) is 4.60. The molecule has 2 aromatic carbocycles. The monoisotopic (exact) mass is 525 g/mol. The van der Waals surface area contributed by atoms with Crippen LogP contribution in [-0.4, -0.2) is 14.8 Å². The summed E-state index contributed by atoms with van der Waals surface area (Å²) in [5.41, 5.74) is 2.21. The molecule has 1 aromatic heterocycles. The van der Waals surface area contributed by atoms with Crippen LogP contribution in [0.15, 0.2) is 56.2 Å². The van der Waals surface area contributed by atoms with E-state index in [1.54, 1.807) is 30.3 Å². The summed E-state index contributed by atoms with van der Waals surface area (Å²) in [5, 5.41) is 27.8. The molecule has 0 radical (unpaired) electrons. The zero-order valence-corrected chi connectivity index (χ0v) is 18.7. The Balaban J connectivity index is 1.92. The minimum atomic E-state index is -0.403. The van der Waals surface area contributed by atoms with Crippen molar-refractivity contribution in [2.45, 2.75) is 0 Å². The van der Waals surface area contributed by atoms with E-state index in [-0.39, 0.29) is 11.8 Å². The van der Waals surface area contributed by atoms with Gasteiger partial charge in [-0.15, -0.1) is 5.10 Å². The number of aryl methyl sites for hydroxylation is 1. The molecular formula is C20H13Br2N7O. The second-order valence-electron chi connectivity index (χ2n) is 5.97. The molecule has 0 atom stereocenters. The number of nitrogens with one attached hydrogen (secondary N) is 2. The van der Waals surface area contributed by atoms with E-state index >= 15 is 0 Å². The molecule has 1 heterocycles. The zero-order valence-electron chi connectivity index (χ0n) is 15.5. The SMILES string of the molecule is Cn1nc(Nc2c(Br)cc(C=CC#N)cc2Br)nc(Nc2ccc(C#N)cc2)c1=O. The molecule has 0 fully saturated rings. The fourth-order valence-electron chi connectivity index (χ4n) is 2.47. The van der Waals surface area contributed by atoms with E-state index in [2.05, 4.69) is 52.6 Å². The van der Waals surface area contributed by atoms with Crippen LogP contribution in [-0.2, 0) is 7.05 Å². The van der Waals surface area contributed by atoms with E-state index < -0.39 is 5.56 Å². The highest BCUT2D eigenvalue weighted by Gasteiger charge is 2.13. The summed E-state index contributed by atoms with van der Waals surface area (Å²) in [7, 11) is 1.53. The van der Waals surface area contributed by atoms with Crippen LogP contribution < -0.4 is 16.2 Å². The van der Waals surface area contributed by atoms with Crippen molar-refractivity contribution in [3.63, 3.8) is 0 Å². The lowest BCUT2D eigenvalue weighted by Gasteiger charge is -2.13. The molecule has 10 heteroatoms. The minimum Gasteiger partial charge on any atom is -0.335 e. The van der Waals surface area contributed by atoms with E-state index in [0.29, 0.717) is 25.9 Å². The van der Waals surface area contributed by atoms with Gasteiger partial charge in [0.05, 0.1) is 23.4 Å². The van der Waals surface area contributed by atoms with Gasteiger partial charge in [-0.3, -0.25) is 4.79 Å². The number of nitrogens with zero attached hydrogens (tertiary/aromatic N) is 5. The zero-order chi connectivity index (χ0) is 21.7. The van der Waals surface area contributed by atoms with Crippen molar-refractivity contribution in [1.29, 1.82) is 10.5 Å². The van der Waals surface area contributed by atoms with Crippen molar-refractivity contribution >= 4 is 61.1 Å². The highest BCUT2D eigenvalue weighted by atomic mass is 79.9. The number of hydrogen-bond acceptors (Lipinski definition) is 7. The second-order valence-corrected chi connectivity index (χ2v) is 7.68. The van der Waals surface area contributed by atoms with Gasteiger partial charge in [0.2, 0.25) is 11.8 Å². The molecule has 0 aliphatic heterocycles. The van der Waals surface area contributed by atoms with Crippen molar-refractivity contribution < 1.29 is 0 Å². The molecule has 0 spiro atoms. The molecule has 3 aromatic rings. The van der Waals surface area contributed by atoms with E-state index in [0.717, 1.165) is 5.56 Å². The summed E-state index contributed by atoms with van der Waals surface area (Å²) >= 11 is 6.98. The first kappa shape index (κ1) is 21.2. The summed E-state index contributed by atoms with van der Waals surface area (Å²) in [4.78, 5) is 16.7. The van der Waals surface area contributed by atoms with Gasteiger partial charge in [-0.2, -0.15) is 15.5 Å². The summed E-state index contributed by atoms with van der Waals surface area (Å²) in [6.45, 7) is 0. The van der Waals surface area contributed by atoms with Crippen LogP contribution >= 0.6 is 31.9 Å². The normalized spacial score (nSPS) is 10.4. The van der Waals surface area contributed by atoms with Crippen molar-refractivity contribution in [3.05, 3.63) is 72.9 Å². The average Bonchev–Trinajstić information content (AvgIpc) is 2.73. The van der Waals surface area contributed by atoms with E-state index in [9.17, 15) is 4.79 Å². The van der Waals surface area contributed by atoms with Gasteiger partial charge >= 0.3 is 5.56 Å². The van der Waals surface area contributed by atoms with E-state index in [4.69, 9.17) is 10.5 Å². The van der Waals surface area contributed by atoms with Gasteiger partial charge in [0.15, 0.2) is 0 Å². The number of benzene rings is 2. The van der Waals surface area contributed by atoms with Crippen molar-refractivity contribution in [1.82, 2.24) is 14.8 Å². The van der Waals surface area contributed by atoms with Crippen LogP contribution in [0.2, 0.25) is 0 Å². The van der Waals surface area contributed by atoms with Gasteiger partial charge in [0.1, 0.15) is 0 Å². The molecule has 8 nitrogen and oxygen atoms in total. The number of halogens is 2. The standard InChI is InChI=1S/C20H13Br2N7O/c1-29-19(30)18(25-14-6-4-12(11-24)5-7-14)27-20(28-29)26-17-15(21)9-13(3-2-8-23)10-16(17)22/h2-7,9-10H,1H3,(H2,25,26,27,28). The van der Waals surface area contributed by atoms with Gasteiger partial charge in [-0.05, 0) is 79.9 Å². The first-order valence-corrected chi connectivity index (χ1v) is 10.0. The highest BCUT2D eigenvalue weighted by Crippen LogP contribution is 2.34. The van der Waals surface area contributed by atoms with Crippen LogP contribution in [0.25, 0.3) is 6.08 Å². The topological polar surface area (TPSA) is 119 Å². The van der Waals surface area contributed by atoms with Crippen molar-refractivity contribution in [2.24, 2.45) is 7.05 Å². The number of hydrogen-bond donors (Lipinski definition) is 2. The molecule has 0 unspecified atom stereocenters. The highest BCUT2D eigenvalue weighted by molar-refractivity contribution is 9.11. The maximum Gasteiger partial charge on any atom is 0.309 e. The molecule has 148 valence electrons. The lowest BCUT2D eigenvalue weighted by atomic mass is 10.2. The molecule has 3 rings (SSSR count). The Morgan fingerprint density at radius 3 is 2.37 bits per heavy atom. The van der Waals surface area contributed by atoms with Crippen molar-refractivity contribution in [2.75, 3.05) is 10.6 Å². The minimum absolute atomic E-state index is 0.0838. The van der Waals surface area contributed by atoms with Crippen LogP contribution in [0.3, 0.4) is 0 Å². The second kappa shape index (κ2) is 9.35. The summed E-state index contributed by atoms with van der Waals surface area (Å²) in [6.07, 6.45) is 3.07. The Bertz CT molecular complexity index is 1250. The average molecular weight is 527 g/mol. The Morgan fingerprint density at radius 1 is 1.10 bits per heavy atom. The molecule has 0 aliphatic rings. The lowest BCUT2D eigenvalue weighted by Crippen LogP contribution is -2.25. The van der Waals surface area contributed by atoms with Gasteiger partial charge in [-0.25, -0.2) is 4.68 Å². The van der Waals surface area contributed by atoms with Gasteiger partial charge in [-0.1, -0.05) is 0 Å². The third-order valence-electron chi connectivity index (χ3n) is 3.89. The largest absolute Gasteiger partial charge is 0.335 e. The maximum atomic E-state index is 12.4. The van der Waals surface area contributed by atoms with E-state index in [1.165, 1.54) is 17.8 Å². The fraction of sp³-hybridized carbons (Fsp3) is 0.0500.